The SMILES string of the molecule is CC(=O)Nc1ccc(F)c(NC(=O)C(Br)C(C)C)c1. The minimum Gasteiger partial charge on any atom is -0.326 e. The predicted octanol–water partition coefficient (Wildman–Crippen LogP) is 3.14. The number of nitrogens with one attached hydrogen (secondary N) is 2. The molecule has 1 atom stereocenters. The molecule has 2 N–H and O–H groups in total. The lowest BCUT2D eigenvalue weighted by molar-refractivity contribution is -0.116. The van der Waals surface area contributed by atoms with Crippen molar-refractivity contribution in [3.8, 4) is 0 Å². The molecule has 4 nitrogen and oxygen atoms in total. The topological polar surface area (TPSA) is 58.2 Å². The van der Waals surface area contributed by atoms with Crippen LogP contribution in [0.25, 0.3) is 0 Å². The molecule has 0 fully saturated rings. The number of alkyl halides is 1. The number of halogens is 2. The fraction of sp³-hybridized carbons (Fsp3) is 0.385. The minimum absolute atomic E-state index is 0.0429. The Balaban J connectivity index is 2.88. The fourth-order valence-electron chi connectivity index (χ4n) is 1.41. The summed E-state index contributed by atoms with van der Waals surface area (Å²) in [6, 6.07) is 4.01. The Morgan fingerprint density at radius 3 is 2.42 bits per heavy atom. The van der Waals surface area contributed by atoms with Crippen molar-refractivity contribution < 1.29 is 14.0 Å². The summed E-state index contributed by atoms with van der Waals surface area (Å²) in [5.41, 5.74) is 0.473. The van der Waals surface area contributed by atoms with Gasteiger partial charge in [0.1, 0.15) is 5.82 Å². The first-order valence-corrected chi connectivity index (χ1v) is 6.75. The Kier molecular flexibility index (Phi) is 5.47. The Morgan fingerprint density at radius 1 is 1.26 bits per heavy atom. The van der Waals surface area contributed by atoms with Crippen molar-refractivity contribution in [1.82, 2.24) is 0 Å². The molecule has 6 heteroatoms. The molecule has 0 spiro atoms. The van der Waals surface area contributed by atoms with Gasteiger partial charge in [-0.1, -0.05) is 29.8 Å². The van der Waals surface area contributed by atoms with Crippen LogP contribution >= 0.6 is 15.9 Å². The average molecular weight is 331 g/mol. The monoisotopic (exact) mass is 330 g/mol. The summed E-state index contributed by atoms with van der Waals surface area (Å²) >= 11 is 3.24. The number of benzene rings is 1. The Hall–Kier alpha value is -1.43. The zero-order chi connectivity index (χ0) is 14.6. The van der Waals surface area contributed by atoms with Gasteiger partial charge < -0.3 is 10.6 Å². The molecule has 0 saturated carbocycles. The van der Waals surface area contributed by atoms with E-state index in [0.29, 0.717) is 5.69 Å². The molecule has 1 aromatic rings. The van der Waals surface area contributed by atoms with Gasteiger partial charge in [0.15, 0.2) is 0 Å². The van der Waals surface area contributed by atoms with Gasteiger partial charge in [-0.15, -0.1) is 0 Å². The largest absolute Gasteiger partial charge is 0.326 e. The van der Waals surface area contributed by atoms with Crippen LogP contribution in [-0.2, 0) is 9.59 Å². The molecule has 0 aliphatic carbocycles. The first kappa shape index (κ1) is 15.6. The maximum absolute atomic E-state index is 13.6. The lowest BCUT2D eigenvalue weighted by atomic mass is 10.1. The molecule has 0 saturated heterocycles. The van der Waals surface area contributed by atoms with Crippen LogP contribution in [0.2, 0.25) is 0 Å². The third kappa shape index (κ3) is 4.63. The van der Waals surface area contributed by atoms with E-state index < -0.39 is 10.6 Å². The molecule has 0 aliphatic rings. The highest BCUT2D eigenvalue weighted by Crippen LogP contribution is 2.21. The molecule has 1 rings (SSSR count). The van der Waals surface area contributed by atoms with Crippen molar-refractivity contribution in [2.75, 3.05) is 10.6 Å². The molecule has 2 amide bonds. The molecule has 0 aromatic heterocycles. The summed E-state index contributed by atoms with van der Waals surface area (Å²) in [6.45, 7) is 5.11. The van der Waals surface area contributed by atoms with Crippen LogP contribution in [0.5, 0.6) is 0 Å². The normalized spacial score (nSPS) is 12.1. The van der Waals surface area contributed by atoms with E-state index in [2.05, 4.69) is 26.6 Å². The summed E-state index contributed by atoms with van der Waals surface area (Å²) in [7, 11) is 0. The number of carbonyl (C=O) groups excluding carboxylic acids is 2. The van der Waals surface area contributed by atoms with Gasteiger partial charge in [-0.3, -0.25) is 9.59 Å². The van der Waals surface area contributed by atoms with E-state index in [1.165, 1.54) is 25.1 Å². The summed E-state index contributed by atoms with van der Waals surface area (Å²) in [5.74, 6) is -1.05. The number of amides is 2. The van der Waals surface area contributed by atoms with E-state index in [9.17, 15) is 14.0 Å². The van der Waals surface area contributed by atoms with Crippen molar-refractivity contribution in [2.24, 2.45) is 5.92 Å². The molecule has 1 unspecified atom stereocenters. The van der Waals surface area contributed by atoms with Crippen LogP contribution in [0.3, 0.4) is 0 Å². The van der Waals surface area contributed by atoms with Crippen molar-refractivity contribution in [3.05, 3.63) is 24.0 Å². The van der Waals surface area contributed by atoms with Crippen molar-refractivity contribution in [1.29, 1.82) is 0 Å². The number of hydrogen-bond donors (Lipinski definition) is 2. The molecule has 1 aromatic carbocycles. The standard InChI is InChI=1S/C13H16BrFN2O2/c1-7(2)12(14)13(19)17-11-6-9(16-8(3)18)4-5-10(11)15/h4-7,12H,1-3H3,(H,16,18)(H,17,19). The molecular formula is C13H16BrFN2O2. The molecule has 0 heterocycles. The smallest absolute Gasteiger partial charge is 0.238 e. The van der Waals surface area contributed by atoms with E-state index in [1.807, 2.05) is 13.8 Å². The van der Waals surface area contributed by atoms with Gasteiger partial charge in [-0.25, -0.2) is 4.39 Å². The summed E-state index contributed by atoms with van der Waals surface area (Å²) in [5, 5.41) is 5.02. The molecule has 19 heavy (non-hydrogen) atoms. The Bertz CT molecular complexity index is 492. The highest BCUT2D eigenvalue weighted by Gasteiger charge is 2.19. The van der Waals surface area contributed by atoms with Crippen LogP contribution in [0.15, 0.2) is 18.2 Å². The van der Waals surface area contributed by atoms with Crippen molar-refractivity contribution in [3.63, 3.8) is 0 Å². The molecule has 0 bridgehead atoms. The van der Waals surface area contributed by atoms with E-state index in [1.54, 1.807) is 0 Å². The van der Waals surface area contributed by atoms with Gasteiger partial charge in [0.05, 0.1) is 10.5 Å². The maximum atomic E-state index is 13.6. The minimum atomic E-state index is -0.550. The Labute approximate surface area is 119 Å². The first-order valence-electron chi connectivity index (χ1n) is 5.83. The third-order valence-electron chi connectivity index (χ3n) is 2.38. The maximum Gasteiger partial charge on any atom is 0.238 e. The summed E-state index contributed by atoms with van der Waals surface area (Å²) in [6.07, 6.45) is 0. The summed E-state index contributed by atoms with van der Waals surface area (Å²) < 4.78 is 13.6. The number of anilines is 2. The lowest BCUT2D eigenvalue weighted by Crippen LogP contribution is -2.27. The van der Waals surface area contributed by atoms with Crippen molar-refractivity contribution >= 4 is 39.1 Å². The van der Waals surface area contributed by atoms with E-state index in [0.717, 1.165) is 0 Å². The van der Waals surface area contributed by atoms with Gasteiger partial charge in [0.2, 0.25) is 11.8 Å². The second-order valence-corrected chi connectivity index (χ2v) is 5.50. The van der Waals surface area contributed by atoms with Crippen LogP contribution in [0.1, 0.15) is 20.8 Å². The molecule has 0 radical (unpaired) electrons. The number of hydrogen-bond acceptors (Lipinski definition) is 2. The molecule has 0 aliphatic heterocycles. The quantitative estimate of drug-likeness (QED) is 0.833. The van der Waals surface area contributed by atoms with Gasteiger partial charge >= 0.3 is 0 Å². The second-order valence-electron chi connectivity index (χ2n) is 4.51. The van der Waals surface area contributed by atoms with Crippen LogP contribution in [0.4, 0.5) is 15.8 Å². The van der Waals surface area contributed by atoms with E-state index >= 15 is 0 Å². The molecular weight excluding hydrogens is 315 g/mol. The average Bonchev–Trinajstić information content (AvgIpc) is 2.31. The van der Waals surface area contributed by atoms with E-state index in [-0.39, 0.29) is 23.4 Å². The van der Waals surface area contributed by atoms with Gasteiger partial charge in [-0.05, 0) is 24.1 Å². The highest BCUT2D eigenvalue weighted by molar-refractivity contribution is 9.10. The third-order valence-corrected chi connectivity index (χ3v) is 3.85. The van der Waals surface area contributed by atoms with Gasteiger partial charge in [-0.2, -0.15) is 0 Å². The highest BCUT2D eigenvalue weighted by atomic mass is 79.9. The zero-order valence-corrected chi connectivity index (χ0v) is 12.5. The van der Waals surface area contributed by atoms with Crippen molar-refractivity contribution in [2.45, 2.75) is 25.6 Å². The van der Waals surface area contributed by atoms with Crippen LogP contribution in [-0.4, -0.2) is 16.6 Å². The fourth-order valence-corrected chi connectivity index (χ4v) is 1.52. The summed E-state index contributed by atoms with van der Waals surface area (Å²) in [4.78, 5) is 22.4. The number of carbonyl (C=O) groups is 2. The molecule has 104 valence electrons. The number of rotatable bonds is 4. The second kappa shape index (κ2) is 6.65. The lowest BCUT2D eigenvalue weighted by Gasteiger charge is -2.15. The first-order chi connectivity index (χ1) is 8.81. The zero-order valence-electron chi connectivity index (χ0n) is 11.0. The van der Waals surface area contributed by atoms with E-state index in [4.69, 9.17) is 0 Å². The van der Waals surface area contributed by atoms with Crippen LogP contribution < -0.4 is 10.6 Å². The van der Waals surface area contributed by atoms with Gasteiger partial charge in [0.25, 0.3) is 0 Å². The van der Waals surface area contributed by atoms with Crippen LogP contribution in [0, 0.1) is 11.7 Å². The predicted molar refractivity (Wildman–Crippen MR) is 76.9 cm³/mol. The van der Waals surface area contributed by atoms with Gasteiger partial charge in [0, 0.05) is 12.6 Å². The Morgan fingerprint density at radius 2 is 1.89 bits per heavy atom.